The van der Waals surface area contributed by atoms with E-state index in [1.165, 1.54) is 0 Å². The van der Waals surface area contributed by atoms with Gasteiger partial charge in [-0.2, -0.15) is 0 Å². The number of H-pyrrole nitrogens is 1. The first-order valence-electron chi connectivity index (χ1n) is 9.32. The van der Waals surface area contributed by atoms with Crippen molar-refractivity contribution >= 4 is 5.91 Å². The number of carbonyl (C=O) groups excluding carboxylic acids is 1. The highest BCUT2D eigenvalue weighted by molar-refractivity contribution is 5.94. The summed E-state index contributed by atoms with van der Waals surface area (Å²) >= 11 is 0. The molecular formula is C18H26N6O2. The maximum atomic E-state index is 12.6. The summed E-state index contributed by atoms with van der Waals surface area (Å²) < 4.78 is 7.52. The van der Waals surface area contributed by atoms with Crippen LogP contribution in [0.4, 0.5) is 0 Å². The molecule has 0 bridgehead atoms. The third-order valence-corrected chi connectivity index (χ3v) is 5.39. The second kappa shape index (κ2) is 7.59. The Balaban J connectivity index is 1.44. The molecule has 0 spiro atoms. The second-order valence-electron chi connectivity index (χ2n) is 7.11. The standard InChI is InChI=1S/C18H26N6O2/c1-22-16(13-23-7-9-26-10-8-23)20-21-17(22)15-3-2-6-24(12-15)18(25)14-4-5-19-11-14/h4-5,11,15,19H,2-3,6-10,12-13H2,1H3. The van der Waals surface area contributed by atoms with Crippen molar-refractivity contribution in [3.05, 3.63) is 35.7 Å². The van der Waals surface area contributed by atoms with Crippen LogP contribution in [-0.2, 0) is 18.3 Å². The van der Waals surface area contributed by atoms with Crippen LogP contribution in [-0.4, -0.2) is 74.8 Å². The Morgan fingerprint density at radius 1 is 1.31 bits per heavy atom. The Bertz CT molecular complexity index is 735. The number of hydrogen-bond acceptors (Lipinski definition) is 5. The van der Waals surface area contributed by atoms with Gasteiger partial charge in [-0.05, 0) is 18.9 Å². The molecule has 4 heterocycles. The average molecular weight is 358 g/mol. The Morgan fingerprint density at radius 3 is 2.92 bits per heavy atom. The number of aromatic nitrogens is 4. The Morgan fingerprint density at radius 2 is 2.15 bits per heavy atom. The van der Waals surface area contributed by atoms with Crippen LogP contribution in [0, 0.1) is 0 Å². The Labute approximate surface area is 153 Å². The maximum absolute atomic E-state index is 12.6. The molecule has 1 atom stereocenters. The largest absolute Gasteiger partial charge is 0.379 e. The topological polar surface area (TPSA) is 79.3 Å². The predicted octanol–water partition coefficient (Wildman–Crippen LogP) is 0.995. The second-order valence-corrected chi connectivity index (χ2v) is 7.11. The van der Waals surface area contributed by atoms with Crippen molar-refractivity contribution in [3.63, 3.8) is 0 Å². The monoisotopic (exact) mass is 358 g/mol. The summed E-state index contributed by atoms with van der Waals surface area (Å²) in [7, 11) is 2.04. The van der Waals surface area contributed by atoms with Crippen LogP contribution >= 0.6 is 0 Å². The summed E-state index contributed by atoms with van der Waals surface area (Å²) in [5, 5.41) is 8.90. The number of aromatic amines is 1. The molecule has 2 fully saturated rings. The molecule has 2 saturated heterocycles. The molecule has 4 rings (SSSR count). The molecule has 8 nitrogen and oxygen atoms in total. The molecule has 26 heavy (non-hydrogen) atoms. The molecule has 1 unspecified atom stereocenters. The minimum Gasteiger partial charge on any atom is -0.379 e. The lowest BCUT2D eigenvalue weighted by Crippen LogP contribution is -2.39. The van der Waals surface area contributed by atoms with E-state index in [1.807, 2.05) is 18.0 Å². The molecule has 1 N–H and O–H groups in total. The van der Waals surface area contributed by atoms with Crippen LogP contribution < -0.4 is 0 Å². The summed E-state index contributed by atoms with van der Waals surface area (Å²) in [5.41, 5.74) is 0.719. The normalized spacial score (nSPS) is 21.9. The van der Waals surface area contributed by atoms with E-state index in [9.17, 15) is 4.79 Å². The molecule has 0 aliphatic carbocycles. The fourth-order valence-corrected chi connectivity index (χ4v) is 3.84. The average Bonchev–Trinajstić information content (AvgIpc) is 3.33. The molecule has 2 aromatic rings. The number of amides is 1. The number of carbonyl (C=O) groups is 1. The molecule has 2 aromatic heterocycles. The van der Waals surface area contributed by atoms with Crippen LogP contribution in [0.15, 0.2) is 18.5 Å². The minimum atomic E-state index is 0.0895. The molecule has 0 radical (unpaired) electrons. The summed E-state index contributed by atoms with van der Waals surface area (Å²) in [5.74, 6) is 2.30. The smallest absolute Gasteiger partial charge is 0.255 e. The van der Waals surface area contributed by atoms with E-state index in [0.717, 1.165) is 69.4 Å². The van der Waals surface area contributed by atoms with Gasteiger partial charge in [0.2, 0.25) is 0 Å². The maximum Gasteiger partial charge on any atom is 0.255 e. The summed E-state index contributed by atoms with van der Waals surface area (Å²) in [4.78, 5) is 19.9. The number of nitrogens with one attached hydrogen (secondary N) is 1. The van der Waals surface area contributed by atoms with Gasteiger partial charge in [0, 0.05) is 51.5 Å². The number of likely N-dealkylation sites (tertiary alicyclic amines) is 1. The van der Waals surface area contributed by atoms with E-state index < -0.39 is 0 Å². The van der Waals surface area contributed by atoms with Crippen molar-refractivity contribution in [1.82, 2.24) is 29.5 Å². The third-order valence-electron chi connectivity index (χ3n) is 5.39. The highest BCUT2D eigenvalue weighted by Crippen LogP contribution is 2.27. The predicted molar refractivity (Wildman–Crippen MR) is 95.8 cm³/mol. The van der Waals surface area contributed by atoms with Crippen molar-refractivity contribution < 1.29 is 9.53 Å². The number of morpholine rings is 1. The van der Waals surface area contributed by atoms with Crippen LogP contribution in [0.3, 0.4) is 0 Å². The Kier molecular flexibility index (Phi) is 5.03. The van der Waals surface area contributed by atoms with Gasteiger partial charge < -0.3 is 19.2 Å². The highest BCUT2D eigenvalue weighted by Gasteiger charge is 2.29. The van der Waals surface area contributed by atoms with E-state index in [0.29, 0.717) is 6.54 Å². The van der Waals surface area contributed by atoms with Crippen molar-refractivity contribution in [2.45, 2.75) is 25.3 Å². The molecule has 1 amide bonds. The van der Waals surface area contributed by atoms with Gasteiger partial charge in [0.05, 0.1) is 25.3 Å². The molecule has 8 heteroatoms. The van der Waals surface area contributed by atoms with Gasteiger partial charge in [-0.3, -0.25) is 9.69 Å². The molecule has 2 aliphatic rings. The quantitative estimate of drug-likeness (QED) is 0.882. The lowest BCUT2D eigenvalue weighted by Gasteiger charge is -2.32. The van der Waals surface area contributed by atoms with Gasteiger partial charge in [0.1, 0.15) is 11.6 Å². The van der Waals surface area contributed by atoms with Crippen LogP contribution in [0.2, 0.25) is 0 Å². The number of ether oxygens (including phenoxy) is 1. The van der Waals surface area contributed by atoms with Crippen molar-refractivity contribution in [2.24, 2.45) is 7.05 Å². The van der Waals surface area contributed by atoms with E-state index in [4.69, 9.17) is 4.74 Å². The van der Waals surface area contributed by atoms with Crippen molar-refractivity contribution in [1.29, 1.82) is 0 Å². The fourth-order valence-electron chi connectivity index (χ4n) is 3.84. The summed E-state index contributed by atoms with van der Waals surface area (Å²) in [6.07, 6.45) is 5.58. The zero-order valence-corrected chi connectivity index (χ0v) is 15.2. The summed E-state index contributed by atoms with van der Waals surface area (Å²) in [6.45, 7) is 5.74. The molecule has 0 saturated carbocycles. The molecule has 2 aliphatic heterocycles. The third kappa shape index (κ3) is 3.52. The fraction of sp³-hybridized carbons (Fsp3) is 0.611. The zero-order valence-electron chi connectivity index (χ0n) is 15.2. The zero-order chi connectivity index (χ0) is 17.9. The molecule has 140 valence electrons. The first-order valence-corrected chi connectivity index (χ1v) is 9.32. The Hall–Kier alpha value is -2.19. The first kappa shape index (κ1) is 17.2. The van der Waals surface area contributed by atoms with Gasteiger partial charge >= 0.3 is 0 Å². The molecule has 0 aromatic carbocycles. The number of hydrogen-bond donors (Lipinski definition) is 1. The van der Waals surface area contributed by atoms with Gasteiger partial charge in [0.25, 0.3) is 5.91 Å². The van der Waals surface area contributed by atoms with Crippen molar-refractivity contribution in [3.8, 4) is 0 Å². The first-order chi connectivity index (χ1) is 12.7. The lowest BCUT2D eigenvalue weighted by atomic mass is 9.96. The number of piperidine rings is 1. The van der Waals surface area contributed by atoms with Crippen LogP contribution in [0.25, 0.3) is 0 Å². The molecular weight excluding hydrogens is 332 g/mol. The number of nitrogens with zero attached hydrogens (tertiary/aromatic N) is 5. The van der Waals surface area contributed by atoms with Gasteiger partial charge in [-0.25, -0.2) is 0 Å². The minimum absolute atomic E-state index is 0.0895. The van der Waals surface area contributed by atoms with Crippen LogP contribution in [0.5, 0.6) is 0 Å². The van der Waals surface area contributed by atoms with Crippen molar-refractivity contribution in [2.75, 3.05) is 39.4 Å². The van der Waals surface area contributed by atoms with E-state index >= 15 is 0 Å². The van der Waals surface area contributed by atoms with E-state index in [2.05, 4.69) is 24.6 Å². The number of rotatable bonds is 4. The van der Waals surface area contributed by atoms with E-state index in [1.54, 1.807) is 12.4 Å². The summed E-state index contributed by atoms with van der Waals surface area (Å²) in [6, 6.07) is 1.83. The SMILES string of the molecule is Cn1c(CN2CCOCC2)nnc1C1CCCN(C(=O)c2cc[nH]c2)C1. The van der Waals surface area contributed by atoms with Gasteiger partial charge in [-0.15, -0.1) is 10.2 Å². The lowest BCUT2D eigenvalue weighted by molar-refractivity contribution is 0.0326. The highest BCUT2D eigenvalue weighted by atomic mass is 16.5. The van der Waals surface area contributed by atoms with E-state index in [-0.39, 0.29) is 11.8 Å². The van der Waals surface area contributed by atoms with Gasteiger partial charge in [0.15, 0.2) is 0 Å². The van der Waals surface area contributed by atoms with Crippen LogP contribution in [0.1, 0.15) is 40.8 Å². The van der Waals surface area contributed by atoms with Gasteiger partial charge in [-0.1, -0.05) is 0 Å².